The van der Waals surface area contributed by atoms with Gasteiger partial charge in [0.1, 0.15) is 12.1 Å². The standard InChI is InChI=1S/C10H16O.C7H12O.C3H6O.4C2H6.3B/c1-9(11)7-8-10-5-3-2-4-6-10;8-6-7-4-2-1-3-5-7;1-3(2)4;4*1-2;;;/h7-8,10H,2-6H2,1H3;6-7H,1-5H2;1-2H3;4*1-2H3;;;/b8-7+;;;;;;;;;. The Morgan fingerprint density at radius 3 is 1.03 bits per heavy atom. The Bertz CT molecular complexity index is 371. The van der Waals surface area contributed by atoms with E-state index in [9.17, 15) is 14.4 Å². The lowest BCUT2D eigenvalue weighted by Crippen LogP contribution is -2.06. The van der Waals surface area contributed by atoms with Gasteiger partial charge in [-0.1, -0.05) is 100.0 Å². The summed E-state index contributed by atoms with van der Waals surface area (Å²) < 4.78 is 0. The van der Waals surface area contributed by atoms with Crippen LogP contribution in [0, 0.1) is 11.8 Å². The van der Waals surface area contributed by atoms with Gasteiger partial charge in [0.25, 0.3) is 0 Å². The van der Waals surface area contributed by atoms with Crippen molar-refractivity contribution in [3.8, 4) is 0 Å². The Morgan fingerprint density at radius 1 is 0.559 bits per heavy atom. The van der Waals surface area contributed by atoms with Gasteiger partial charge < -0.3 is 9.59 Å². The van der Waals surface area contributed by atoms with Gasteiger partial charge in [0.15, 0.2) is 5.78 Å². The van der Waals surface area contributed by atoms with E-state index in [1.807, 2.05) is 55.4 Å². The van der Waals surface area contributed by atoms with Crippen LogP contribution in [-0.2, 0) is 14.4 Å². The topological polar surface area (TPSA) is 51.2 Å². The van der Waals surface area contributed by atoms with Gasteiger partial charge in [0.05, 0.1) is 0 Å². The van der Waals surface area contributed by atoms with Crippen molar-refractivity contribution in [1.29, 1.82) is 0 Å². The minimum absolute atomic E-state index is 0. The second kappa shape index (κ2) is 53.4. The lowest BCUT2D eigenvalue weighted by Gasteiger charge is -2.17. The first-order valence-electron chi connectivity index (χ1n) is 13.1. The Labute approximate surface area is 221 Å². The molecule has 0 atom stereocenters. The first-order valence-corrected chi connectivity index (χ1v) is 13.1. The smallest absolute Gasteiger partial charge is 0.152 e. The zero-order valence-corrected chi connectivity index (χ0v) is 24.9. The average Bonchev–Trinajstić information content (AvgIpc) is 2.84. The van der Waals surface area contributed by atoms with Crippen molar-refractivity contribution in [1.82, 2.24) is 0 Å². The van der Waals surface area contributed by atoms with Gasteiger partial charge in [0.2, 0.25) is 0 Å². The van der Waals surface area contributed by atoms with E-state index in [2.05, 4.69) is 6.08 Å². The van der Waals surface area contributed by atoms with Crippen molar-refractivity contribution in [3.63, 3.8) is 0 Å². The second-order valence-electron chi connectivity index (χ2n) is 6.81. The summed E-state index contributed by atoms with van der Waals surface area (Å²) in [6, 6.07) is 0. The summed E-state index contributed by atoms with van der Waals surface area (Å²) in [5, 5.41) is 0. The molecule has 0 amide bonds. The van der Waals surface area contributed by atoms with Gasteiger partial charge in [-0.05, 0) is 58.4 Å². The number of aldehydes is 1. The normalized spacial score (nSPS) is 13.6. The SMILES string of the molecule is CC.CC.CC.CC.CC(=O)/C=C/C1CCCCC1.CC(C)=O.O=CC1CCCCC1.[B].[B].[B]. The van der Waals surface area contributed by atoms with E-state index in [1.165, 1.54) is 65.2 Å². The second-order valence-corrected chi connectivity index (χ2v) is 6.81. The minimum Gasteiger partial charge on any atom is -0.303 e. The number of hydrogen-bond donors (Lipinski definition) is 0. The number of carbonyl (C=O) groups excluding carboxylic acids is 3. The zero-order valence-electron chi connectivity index (χ0n) is 24.9. The molecule has 0 heterocycles. The van der Waals surface area contributed by atoms with Crippen LogP contribution in [0.25, 0.3) is 0 Å². The van der Waals surface area contributed by atoms with E-state index in [1.54, 1.807) is 13.0 Å². The predicted molar refractivity (Wildman–Crippen MR) is 158 cm³/mol. The van der Waals surface area contributed by atoms with Gasteiger partial charge in [0, 0.05) is 31.2 Å². The van der Waals surface area contributed by atoms with Crippen molar-refractivity contribution in [2.24, 2.45) is 11.8 Å². The van der Waals surface area contributed by atoms with E-state index in [0.717, 1.165) is 19.1 Å². The summed E-state index contributed by atoms with van der Waals surface area (Å²) in [6.07, 6.45) is 17.7. The molecule has 0 aromatic rings. The Balaban J connectivity index is -0.0000000438. The highest BCUT2D eigenvalue weighted by Crippen LogP contribution is 2.24. The highest BCUT2D eigenvalue weighted by molar-refractivity contribution is 5.87. The summed E-state index contributed by atoms with van der Waals surface area (Å²) in [5.74, 6) is 1.44. The molecule has 3 nitrogen and oxygen atoms in total. The molecule has 2 saturated carbocycles. The maximum atomic E-state index is 10.6. The van der Waals surface area contributed by atoms with Crippen LogP contribution in [0.2, 0.25) is 0 Å². The molecule has 6 heteroatoms. The Morgan fingerprint density at radius 2 is 0.824 bits per heavy atom. The largest absolute Gasteiger partial charge is 0.303 e. The van der Waals surface area contributed by atoms with E-state index in [4.69, 9.17) is 0 Å². The quantitative estimate of drug-likeness (QED) is 0.236. The molecule has 2 aliphatic carbocycles. The molecule has 0 aromatic carbocycles. The van der Waals surface area contributed by atoms with Gasteiger partial charge >= 0.3 is 0 Å². The molecular formula is C28H58B3O3. The molecule has 0 spiro atoms. The van der Waals surface area contributed by atoms with Crippen molar-refractivity contribution in [2.75, 3.05) is 0 Å². The molecule has 2 rings (SSSR count). The number of rotatable bonds is 3. The van der Waals surface area contributed by atoms with Crippen molar-refractivity contribution < 1.29 is 14.4 Å². The van der Waals surface area contributed by atoms with Gasteiger partial charge in [-0.15, -0.1) is 0 Å². The molecule has 2 fully saturated rings. The molecule has 0 unspecified atom stereocenters. The van der Waals surface area contributed by atoms with Crippen LogP contribution in [0.15, 0.2) is 12.2 Å². The zero-order chi connectivity index (χ0) is 25.5. The first kappa shape index (κ1) is 54.0. The fourth-order valence-corrected chi connectivity index (χ4v) is 2.87. The van der Waals surface area contributed by atoms with Crippen LogP contribution >= 0.6 is 0 Å². The fraction of sp³-hybridized carbons (Fsp3) is 0.821. The summed E-state index contributed by atoms with van der Waals surface area (Å²) in [7, 11) is 0. The van der Waals surface area contributed by atoms with Crippen molar-refractivity contribution >= 4 is 43.1 Å². The fourth-order valence-electron chi connectivity index (χ4n) is 2.87. The average molecular weight is 475 g/mol. The van der Waals surface area contributed by atoms with Crippen LogP contribution in [-0.4, -0.2) is 43.1 Å². The van der Waals surface area contributed by atoms with Crippen LogP contribution < -0.4 is 0 Å². The lowest BCUT2D eigenvalue weighted by atomic mass is 9.89. The van der Waals surface area contributed by atoms with E-state index in [-0.39, 0.29) is 36.8 Å². The molecule has 197 valence electrons. The molecule has 0 aromatic heterocycles. The number of Topliss-reactive ketones (excluding diaryl/α,β-unsaturated/α-hetero) is 1. The molecule has 0 N–H and O–H groups in total. The number of hydrogen-bond acceptors (Lipinski definition) is 3. The molecule has 9 radical (unpaired) electrons. The third-order valence-electron chi connectivity index (χ3n) is 4.10. The number of ketones is 2. The number of allylic oxidation sites excluding steroid dienone is 2. The molecule has 0 bridgehead atoms. The number of carbonyl (C=O) groups is 3. The monoisotopic (exact) mass is 475 g/mol. The van der Waals surface area contributed by atoms with Crippen LogP contribution in [0.4, 0.5) is 0 Å². The van der Waals surface area contributed by atoms with E-state index < -0.39 is 0 Å². The van der Waals surface area contributed by atoms with Gasteiger partial charge in [-0.3, -0.25) is 4.79 Å². The Kier molecular flexibility index (Phi) is 84.8. The van der Waals surface area contributed by atoms with Crippen LogP contribution in [0.3, 0.4) is 0 Å². The maximum Gasteiger partial charge on any atom is 0.152 e. The highest BCUT2D eigenvalue weighted by Gasteiger charge is 2.10. The molecular weight excluding hydrogens is 417 g/mol. The molecule has 0 aliphatic heterocycles. The van der Waals surface area contributed by atoms with Gasteiger partial charge in [-0.25, -0.2) is 0 Å². The third kappa shape index (κ3) is 57.6. The summed E-state index contributed by atoms with van der Waals surface area (Å²) in [6.45, 7) is 20.7. The highest BCUT2D eigenvalue weighted by atomic mass is 16.1. The lowest BCUT2D eigenvalue weighted by molar-refractivity contribution is -0.115. The first-order chi connectivity index (χ1) is 15.0. The molecule has 2 aliphatic rings. The molecule has 0 saturated heterocycles. The van der Waals surface area contributed by atoms with Crippen LogP contribution in [0.1, 0.15) is 140 Å². The van der Waals surface area contributed by atoms with E-state index >= 15 is 0 Å². The molecule has 34 heavy (non-hydrogen) atoms. The Hall–Kier alpha value is -1.06. The van der Waals surface area contributed by atoms with Crippen LogP contribution in [0.5, 0.6) is 0 Å². The maximum absolute atomic E-state index is 10.6. The summed E-state index contributed by atoms with van der Waals surface area (Å²) >= 11 is 0. The third-order valence-corrected chi connectivity index (χ3v) is 4.10. The summed E-state index contributed by atoms with van der Waals surface area (Å²) in [4.78, 5) is 30.2. The van der Waals surface area contributed by atoms with Gasteiger partial charge in [-0.2, -0.15) is 0 Å². The summed E-state index contributed by atoms with van der Waals surface area (Å²) in [5.41, 5.74) is 0. The predicted octanol–water partition coefficient (Wildman–Crippen LogP) is 8.04. The van der Waals surface area contributed by atoms with Crippen molar-refractivity contribution in [2.45, 2.75) is 140 Å². The van der Waals surface area contributed by atoms with E-state index in [0.29, 0.717) is 11.8 Å². The minimum atomic E-state index is 0. The van der Waals surface area contributed by atoms with Crippen molar-refractivity contribution in [3.05, 3.63) is 12.2 Å².